The normalized spacial score (nSPS) is 13.5. The van der Waals surface area contributed by atoms with Gasteiger partial charge in [0.15, 0.2) is 0 Å². The number of imide groups is 1. The number of carbonyl (C=O) groups excluding carboxylic acids is 3. The zero-order chi connectivity index (χ0) is 23.7. The molecule has 1 aliphatic heterocycles. The summed E-state index contributed by atoms with van der Waals surface area (Å²) in [5.74, 6) is -1.91. The lowest BCUT2D eigenvalue weighted by atomic mass is 10.0. The largest absolute Gasteiger partial charge is 0.350 e. The van der Waals surface area contributed by atoms with Crippen molar-refractivity contribution in [3.8, 4) is 0 Å². The fourth-order valence-corrected chi connectivity index (χ4v) is 3.71. The van der Waals surface area contributed by atoms with Crippen LogP contribution in [0.2, 0.25) is 0 Å². The van der Waals surface area contributed by atoms with Crippen LogP contribution in [0, 0.1) is 19.7 Å². The first kappa shape index (κ1) is 22.0. The molecular weight excluding hydrogens is 421 g/mol. The molecule has 0 spiro atoms. The van der Waals surface area contributed by atoms with Crippen molar-refractivity contribution in [1.82, 2.24) is 0 Å². The Morgan fingerprint density at radius 2 is 1.61 bits per heavy atom. The van der Waals surface area contributed by atoms with Crippen molar-refractivity contribution in [3.05, 3.63) is 94.9 Å². The lowest BCUT2D eigenvalue weighted by molar-refractivity contribution is -0.120. The van der Waals surface area contributed by atoms with Crippen LogP contribution in [0.25, 0.3) is 5.57 Å². The molecule has 1 aliphatic rings. The molecule has 2 N–H and O–H groups in total. The fourth-order valence-electron chi connectivity index (χ4n) is 3.71. The zero-order valence-corrected chi connectivity index (χ0v) is 18.4. The summed E-state index contributed by atoms with van der Waals surface area (Å²) >= 11 is 0. The molecule has 4 rings (SSSR count). The highest BCUT2D eigenvalue weighted by molar-refractivity contribution is 6.46. The minimum atomic E-state index is -0.576. The third kappa shape index (κ3) is 4.25. The van der Waals surface area contributed by atoms with Crippen LogP contribution in [-0.2, 0) is 14.4 Å². The standard InChI is InChI=1S/C26H22FN3O3/c1-15-6-4-9-22(16(15)2)29-24-23(18-10-12-20(13-11-18)28-17(3)31)25(32)30(26(24)33)21-8-5-7-19(27)14-21/h4-14,29H,1-3H3,(H,28,31). The SMILES string of the molecule is CC(=O)Nc1ccc(C2=C(Nc3cccc(C)c3C)C(=O)N(c3cccc(F)c3)C2=O)cc1. The second-order valence-corrected chi connectivity index (χ2v) is 7.81. The van der Waals surface area contributed by atoms with E-state index in [1.54, 1.807) is 24.3 Å². The lowest BCUT2D eigenvalue weighted by Crippen LogP contribution is -2.32. The molecule has 0 saturated carbocycles. The summed E-state index contributed by atoms with van der Waals surface area (Å²) < 4.78 is 13.9. The Morgan fingerprint density at radius 1 is 0.909 bits per heavy atom. The summed E-state index contributed by atoms with van der Waals surface area (Å²) in [6.07, 6.45) is 0. The molecule has 166 valence electrons. The highest BCUT2D eigenvalue weighted by Crippen LogP contribution is 2.35. The fraction of sp³-hybridized carbons (Fsp3) is 0.115. The van der Waals surface area contributed by atoms with Crippen LogP contribution < -0.4 is 15.5 Å². The number of anilines is 3. The van der Waals surface area contributed by atoms with Crippen molar-refractivity contribution in [2.24, 2.45) is 0 Å². The molecule has 0 atom stereocenters. The van der Waals surface area contributed by atoms with Crippen LogP contribution in [0.3, 0.4) is 0 Å². The van der Waals surface area contributed by atoms with E-state index >= 15 is 0 Å². The highest BCUT2D eigenvalue weighted by Gasteiger charge is 2.40. The molecule has 3 aromatic carbocycles. The molecule has 6 nitrogen and oxygen atoms in total. The van der Waals surface area contributed by atoms with Gasteiger partial charge >= 0.3 is 0 Å². The molecule has 0 saturated heterocycles. The molecule has 33 heavy (non-hydrogen) atoms. The number of nitrogens with one attached hydrogen (secondary N) is 2. The van der Waals surface area contributed by atoms with E-state index in [1.165, 1.54) is 25.1 Å². The Labute approximate surface area is 190 Å². The quantitative estimate of drug-likeness (QED) is 0.556. The van der Waals surface area contributed by atoms with Crippen LogP contribution in [0.4, 0.5) is 21.5 Å². The maximum atomic E-state index is 13.9. The van der Waals surface area contributed by atoms with E-state index in [0.29, 0.717) is 16.9 Å². The Balaban J connectivity index is 1.82. The van der Waals surface area contributed by atoms with Gasteiger partial charge < -0.3 is 10.6 Å². The highest BCUT2D eigenvalue weighted by atomic mass is 19.1. The van der Waals surface area contributed by atoms with E-state index in [9.17, 15) is 18.8 Å². The van der Waals surface area contributed by atoms with Crippen molar-refractivity contribution >= 4 is 40.4 Å². The number of hydrogen-bond donors (Lipinski definition) is 2. The first-order valence-electron chi connectivity index (χ1n) is 10.4. The average Bonchev–Trinajstić information content (AvgIpc) is 3.01. The van der Waals surface area contributed by atoms with Crippen molar-refractivity contribution in [1.29, 1.82) is 0 Å². The van der Waals surface area contributed by atoms with Crippen molar-refractivity contribution in [2.45, 2.75) is 20.8 Å². The molecular formula is C26H22FN3O3. The number of carbonyl (C=O) groups is 3. The predicted molar refractivity (Wildman–Crippen MR) is 126 cm³/mol. The second kappa shape index (κ2) is 8.70. The number of rotatable bonds is 5. The van der Waals surface area contributed by atoms with Gasteiger partial charge in [-0.2, -0.15) is 0 Å². The van der Waals surface area contributed by atoms with Crippen LogP contribution >= 0.6 is 0 Å². The molecule has 0 unspecified atom stereocenters. The topological polar surface area (TPSA) is 78.5 Å². The minimum absolute atomic E-state index is 0.102. The minimum Gasteiger partial charge on any atom is -0.350 e. The number of hydrogen-bond acceptors (Lipinski definition) is 4. The second-order valence-electron chi connectivity index (χ2n) is 7.81. The average molecular weight is 443 g/mol. The molecule has 0 bridgehead atoms. The number of benzene rings is 3. The van der Waals surface area contributed by atoms with E-state index in [4.69, 9.17) is 0 Å². The van der Waals surface area contributed by atoms with E-state index in [2.05, 4.69) is 10.6 Å². The van der Waals surface area contributed by atoms with Crippen molar-refractivity contribution < 1.29 is 18.8 Å². The first-order chi connectivity index (χ1) is 15.8. The maximum absolute atomic E-state index is 13.9. The van der Waals surface area contributed by atoms with Gasteiger partial charge in [0.05, 0.1) is 11.3 Å². The summed E-state index contributed by atoms with van der Waals surface area (Å²) in [7, 11) is 0. The van der Waals surface area contributed by atoms with E-state index < -0.39 is 17.6 Å². The molecule has 0 aromatic heterocycles. The van der Waals surface area contributed by atoms with Crippen LogP contribution in [0.1, 0.15) is 23.6 Å². The molecule has 0 radical (unpaired) electrons. The zero-order valence-electron chi connectivity index (χ0n) is 18.4. The van der Waals surface area contributed by atoms with E-state index in [-0.39, 0.29) is 22.9 Å². The van der Waals surface area contributed by atoms with Crippen molar-refractivity contribution in [3.63, 3.8) is 0 Å². The van der Waals surface area contributed by atoms with Gasteiger partial charge in [-0.15, -0.1) is 0 Å². The van der Waals surface area contributed by atoms with Gasteiger partial charge in [-0.1, -0.05) is 30.3 Å². The number of nitrogens with zero attached hydrogens (tertiary/aromatic N) is 1. The molecule has 1 heterocycles. The number of amides is 3. The van der Waals surface area contributed by atoms with Crippen molar-refractivity contribution in [2.75, 3.05) is 15.5 Å². The van der Waals surface area contributed by atoms with E-state index in [1.807, 2.05) is 32.0 Å². The van der Waals surface area contributed by atoms with Crippen LogP contribution in [0.15, 0.2) is 72.4 Å². The third-order valence-electron chi connectivity index (χ3n) is 5.51. The van der Waals surface area contributed by atoms with Gasteiger partial charge in [0.2, 0.25) is 5.91 Å². The summed E-state index contributed by atoms with van der Waals surface area (Å²) in [5.41, 5.74) is 4.14. The third-order valence-corrected chi connectivity index (χ3v) is 5.51. The number of aryl methyl sites for hydroxylation is 1. The Kier molecular flexibility index (Phi) is 5.79. The smallest absolute Gasteiger partial charge is 0.282 e. The first-order valence-corrected chi connectivity index (χ1v) is 10.4. The van der Waals surface area contributed by atoms with E-state index in [0.717, 1.165) is 22.1 Å². The van der Waals surface area contributed by atoms with Gasteiger partial charge in [-0.3, -0.25) is 14.4 Å². The predicted octanol–water partition coefficient (Wildman–Crippen LogP) is 4.80. The van der Waals surface area contributed by atoms with Gasteiger partial charge in [0, 0.05) is 18.3 Å². The summed E-state index contributed by atoms with van der Waals surface area (Å²) in [5, 5.41) is 5.82. The summed E-state index contributed by atoms with van der Waals surface area (Å²) in [4.78, 5) is 39.2. The Hall–Kier alpha value is -4.26. The van der Waals surface area contributed by atoms with Gasteiger partial charge in [0.1, 0.15) is 11.5 Å². The molecule has 0 aliphatic carbocycles. The van der Waals surface area contributed by atoms with Gasteiger partial charge in [-0.05, 0) is 66.9 Å². The van der Waals surface area contributed by atoms with Crippen LogP contribution in [0.5, 0.6) is 0 Å². The Morgan fingerprint density at radius 3 is 2.27 bits per heavy atom. The molecule has 0 fully saturated rings. The molecule has 7 heteroatoms. The lowest BCUT2D eigenvalue weighted by Gasteiger charge is -2.16. The molecule has 3 amide bonds. The summed E-state index contributed by atoms with van der Waals surface area (Å²) in [6.45, 7) is 5.28. The van der Waals surface area contributed by atoms with Gasteiger partial charge in [-0.25, -0.2) is 9.29 Å². The number of halogens is 1. The Bertz CT molecular complexity index is 1310. The maximum Gasteiger partial charge on any atom is 0.282 e. The summed E-state index contributed by atoms with van der Waals surface area (Å²) in [6, 6.07) is 17.6. The molecule has 3 aromatic rings. The van der Waals surface area contributed by atoms with Gasteiger partial charge in [0.25, 0.3) is 11.8 Å². The monoisotopic (exact) mass is 443 g/mol. The van der Waals surface area contributed by atoms with Crippen LogP contribution in [-0.4, -0.2) is 17.7 Å².